The van der Waals surface area contributed by atoms with Crippen LogP contribution in [0.3, 0.4) is 0 Å². The molecule has 1 fully saturated rings. The zero-order chi connectivity index (χ0) is 13.3. The molecular formula is C14H25N3O. The summed E-state index contributed by atoms with van der Waals surface area (Å²) >= 11 is 0. The average Bonchev–Trinajstić information content (AvgIpc) is 2.74. The minimum absolute atomic E-state index is 0.0663. The third-order valence-corrected chi connectivity index (χ3v) is 4.35. The van der Waals surface area contributed by atoms with Crippen molar-refractivity contribution < 1.29 is 4.52 Å². The molecule has 1 aliphatic rings. The van der Waals surface area contributed by atoms with Gasteiger partial charge in [0.25, 0.3) is 0 Å². The topological polar surface area (TPSA) is 64.9 Å². The molecule has 1 aliphatic carbocycles. The van der Waals surface area contributed by atoms with Gasteiger partial charge in [-0.3, -0.25) is 0 Å². The van der Waals surface area contributed by atoms with Crippen LogP contribution in [0.5, 0.6) is 0 Å². The van der Waals surface area contributed by atoms with Crippen molar-refractivity contribution in [2.45, 2.75) is 59.4 Å². The molecule has 1 aromatic heterocycles. The first kappa shape index (κ1) is 13.5. The van der Waals surface area contributed by atoms with Gasteiger partial charge in [0, 0.05) is 6.92 Å². The van der Waals surface area contributed by atoms with Crippen LogP contribution in [0.2, 0.25) is 0 Å². The second kappa shape index (κ2) is 5.00. The van der Waals surface area contributed by atoms with Crippen LogP contribution in [-0.4, -0.2) is 10.1 Å². The molecule has 2 rings (SSSR count). The summed E-state index contributed by atoms with van der Waals surface area (Å²) in [7, 11) is 0. The van der Waals surface area contributed by atoms with Crippen molar-refractivity contribution in [2.75, 3.05) is 0 Å². The highest BCUT2D eigenvalue weighted by molar-refractivity contribution is 4.96. The molecule has 0 amide bonds. The number of aromatic nitrogens is 2. The van der Waals surface area contributed by atoms with Crippen LogP contribution in [-0.2, 0) is 0 Å². The van der Waals surface area contributed by atoms with Crippen LogP contribution in [0.4, 0.5) is 0 Å². The van der Waals surface area contributed by atoms with E-state index in [-0.39, 0.29) is 6.04 Å². The molecule has 1 aromatic rings. The molecule has 0 radical (unpaired) electrons. The van der Waals surface area contributed by atoms with Gasteiger partial charge in [0.15, 0.2) is 5.82 Å². The number of nitrogens with two attached hydrogens (primary N) is 1. The third-order valence-electron chi connectivity index (χ3n) is 4.35. The summed E-state index contributed by atoms with van der Waals surface area (Å²) in [5.74, 6) is 2.59. The first-order chi connectivity index (χ1) is 8.38. The lowest BCUT2D eigenvalue weighted by atomic mass is 9.68. The quantitative estimate of drug-likeness (QED) is 0.876. The SMILES string of the molecule is Cc1nc(C(N)C2CCC(C(C)(C)C)CC2)no1. The second-order valence-corrected chi connectivity index (χ2v) is 6.68. The maximum absolute atomic E-state index is 6.25. The number of hydrogen-bond donors (Lipinski definition) is 1. The summed E-state index contributed by atoms with van der Waals surface area (Å²) in [5.41, 5.74) is 6.67. The molecule has 0 aromatic carbocycles. The lowest BCUT2D eigenvalue weighted by molar-refractivity contribution is 0.138. The van der Waals surface area contributed by atoms with E-state index in [1.165, 1.54) is 25.7 Å². The Morgan fingerprint density at radius 2 is 1.83 bits per heavy atom. The monoisotopic (exact) mass is 251 g/mol. The Hall–Kier alpha value is -0.900. The Balaban J connectivity index is 1.94. The summed E-state index contributed by atoms with van der Waals surface area (Å²) in [6.07, 6.45) is 4.88. The minimum atomic E-state index is -0.0663. The third kappa shape index (κ3) is 2.91. The molecule has 4 nitrogen and oxygen atoms in total. The van der Waals surface area contributed by atoms with Crippen LogP contribution < -0.4 is 5.73 Å². The lowest BCUT2D eigenvalue weighted by Crippen LogP contribution is -2.31. The fourth-order valence-electron chi connectivity index (χ4n) is 3.01. The molecule has 4 heteroatoms. The molecule has 1 heterocycles. The molecule has 18 heavy (non-hydrogen) atoms. The van der Waals surface area contributed by atoms with E-state index >= 15 is 0 Å². The number of nitrogens with zero attached hydrogens (tertiary/aromatic N) is 2. The van der Waals surface area contributed by atoms with Crippen LogP contribution >= 0.6 is 0 Å². The zero-order valence-corrected chi connectivity index (χ0v) is 11.9. The van der Waals surface area contributed by atoms with Gasteiger partial charge in [-0.05, 0) is 42.9 Å². The van der Waals surface area contributed by atoms with Crippen molar-refractivity contribution in [1.82, 2.24) is 10.1 Å². The van der Waals surface area contributed by atoms with Gasteiger partial charge < -0.3 is 10.3 Å². The van der Waals surface area contributed by atoms with Gasteiger partial charge in [0.2, 0.25) is 5.89 Å². The molecule has 2 N–H and O–H groups in total. The summed E-state index contributed by atoms with van der Waals surface area (Å²) in [4.78, 5) is 4.25. The maximum atomic E-state index is 6.25. The van der Waals surface area contributed by atoms with Crippen LogP contribution in [0.15, 0.2) is 4.52 Å². The number of hydrogen-bond acceptors (Lipinski definition) is 4. The number of rotatable bonds is 2. The standard InChI is InChI=1S/C14H25N3O/c1-9-16-13(17-18-9)12(15)10-5-7-11(8-6-10)14(2,3)4/h10-12H,5-8,15H2,1-4H3. The molecule has 1 unspecified atom stereocenters. The second-order valence-electron chi connectivity index (χ2n) is 6.68. The molecule has 1 atom stereocenters. The summed E-state index contributed by atoms with van der Waals surface area (Å²) in [5, 5.41) is 3.95. The Labute approximate surface area is 109 Å². The fraction of sp³-hybridized carbons (Fsp3) is 0.857. The molecule has 0 saturated heterocycles. The van der Waals surface area contributed by atoms with Gasteiger partial charge in [0.1, 0.15) is 0 Å². The molecule has 0 spiro atoms. The smallest absolute Gasteiger partial charge is 0.223 e. The largest absolute Gasteiger partial charge is 0.340 e. The van der Waals surface area contributed by atoms with Gasteiger partial charge >= 0.3 is 0 Å². The zero-order valence-electron chi connectivity index (χ0n) is 11.9. The Morgan fingerprint density at radius 1 is 1.22 bits per heavy atom. The van der Waals surface area contributed by atoms with E-state index in [9.17, 15) is 0 Å². The highest BCUT2D eigenvalue weighted by Crippen LogP contribution is 2.42. The van der Waals surface area contributed by atoms with Crippen LogP contribution in [0.25, 0.3) is 0 Å². The highest BCUT2D eigenvalue weighted by Gasteiger charge is 2.33. The average molecular weight is 251 g/mol. The summed E-state index contributed by atoms with van der Waals surface area (Å²) in [6.45, 7) is 8.81. The molecule has 1 saturated carbocycles. The maximum Gasteiger partial charge on any atom is 0.223 e. The van der Waals surface area contributed by atoms with Crippen LogP contribution in [0, 0.1) is 24.2 Å². The van der Waals surface area contributed by atoms with Crippen molar-refractivity contribution in [3.05, 3.63) is 11.7 Å². The molecular weight excluding hydrogens is 226 g/mol. The van der Waals surface area contributed by atoms with E-state index in [2.05, 4.69) is 30.9 Å². The van der Waals surface area contributed by atoms with Crippen molar-refractivity contribution in [1.29, 1.82) is 0 Å². The van der Waals surface area contributed by atoms with E-state index in [0.29, 0.717) is 23.0 Å². The van der Waals surface area contributed by atoms with E-state index in [4.69, 9.17) is 10.3 Å². The van der Waals surface area contributed by atoms with E-state index in [1.54, 1.807) is 6.92 Å². The lowest BCUT2D eigenvalue weighted by Gasteiger charge is -2.38. The minimum Gasteiger partial charge on any atom is -0.340 e. The Bertz CT molecular complexity index is 386. The summed E-state index contributed by atoms with van der Waals surface area (Å²) in [6, 6.07) is -0.0663. The summed E-state index contributed by atoms with van der Waals surface area (Å²) < 4.78 is 5.01. The van der Waals surface area contributed by atoms with E-state index in [0.717, 1.165) is 5.92 Å². The normalized spacial score (nSPS) is 27.2. The molecule has 102 valence electrons. The predicted molar refractivity (Wildman–Crippen MR) is 70.9 cm³/mol. The Morgan fingerprint density at radius 3 is 2.28 bits per heavy atom. The van der Waals surface area contributed by atoms with Crippen molar-refractivity contribution >= 4 is 0 Å². The molecule has 0 aliphatic heterocycles. The first-order valence-corrected chi connectivity index (χ1v) is 6.93. The van der Waals surface area contributed by atoms with Gasteiger partial charge in [-0.25, -0.2) is 0 Å². The fourth-order valence-corrected chi connectivity index (χ4v) is 3.01. The van der Waals surface area contributed by atoms with Crippen molar-refractivity contribution in [3.8, 4) is 0 Å². The Kier molecular flexibility index (Phi) is 3.76. The van der Waals surface area contributed by atoms with Crippen LogP contribution in [0.1, 0.15) is 64.2 Å². The van der Waals surface area contributed by atoms with E-state index in [1.807, 2.05) is 0 Å². The highest BCUT2D eigenvalue weighted by atomic mass is 16.5. The van der Waals surface area contributed by atoms with E-state index < -0.39 is 0 Å². The van der Waals surface area contributed by atoms with Gasteiger partial charge in [-0.2, -0.15) is 4.98 Å². The molecule has 0 bridgehead atoms. The number of aryl methyl sites for hydroxylation is 1. The van der Waals surface area contributed by atoms with Gasteiger partial charge in [-0.1, -0.05) is 25.9 Å². The van der Waals surface area contributed by atoms with Gasteiger partial charge in [-0.15, -0.1) is 0 Å². The van der Waals surface area contributed by atoms with Crippen molar-refractivity contribution in [3.63, 3.8) is 0 Å². The van der Waals surface area contributed by atoms with Gasteiger partial charge in [0.05, 0.1) is 6.04 Å². The predicted octanol–water partition coefficient (Wildman–Crippen LogP) is 3.23. The first-order valence-electron chi connectivity index (χ1n) is 6.93. The van der Waals surface area contributed by atoms with Crippen molar-refractivity contribution in [2.24, 2.45) is 23.0 Å².